The molecule has 21 heavy (non-hydrogen) atoms. The van der Waals surface area contributed by atoms with E-state index in [1.165, 1.54) is 18.2 Å². The van der Waals surface area contributed by atoms with Crippen LogP contribution in [-0.4, -0.2) is 58.4 Å². The van der Waals surface area contributed by atoms with Crippen LogP contribution in [0, 0.1) is 0 Å². The molecule has 0 spiro atoms. The smallest absolute Gasteiger partial charge is 0.326 e. The lowest BCUT2D eigenvalue weighted by molar-refractivity contribution is -0.140. The van der Waals surface area contributed by atoms with Crippen molar-refractivity contribution in [1.29, 1.82) is 0 Å². The van der Waals surface area contributed by atoms with E-state index in [9.17, 15) is 14.4 Å². The minimum Gasteiger partial charge on any atom is -0.480 e. The van der Waals surface area contributed by atoms with Crippen LogP contribution in [0.3, 0.4) is 0 Å². The molecule has 0 aromatic rings. The fraction of sp³-hybridized carbons (Fsp3) is 0.786. The van der Waals surface area contributed by atoms with Crippen molar-refractivity contribution in [2.45, 2.75) is 51.1 Å². The van der Waals surface area contributed by atoms with E-state index in [2.05, 4.69) is 12.2 Å². The molecular formula is C14H24N2O4S. The van der Waals surface area contributed by atoms with E-state index in [-0.39, 0.29) is 5.91 Å². The van der Waals surface area contributed by atoms with Crippen LogP contribution < -0.4 is 5.32 Å². The van der Waals surface area contributed by atoms with Gasteiger partial charge in [0.1, 0.15) is 6.04 Å². The molecule has 1 aliphatic heterocycles. The van der Waals surface area contributed by atoms with E-state index in [0.717, 1.165) is 25.8 Å². The molecule has 0 radical (unpaired) electrons. The molecule has 120 valence electrons. The Labute approximate surface area is 129 Å². The molecule has 7 heteroatoms. The number of hydrogen-bond acceptors (Lipinski definition) is 4. The van der Waals surface area contributed by atoms with Crippen LogP contribution in [0.2, 0.25) is 0 Å². The van der Waals surface area contributed by atoms with E-state index < -0.39 is 12.0 Å². The second kappa shape index (κ2) is 9.65. The fourth-order valence-corrected chi connectivity index (χ4v) is 3.44. The third-order valence-corrected chi connectivity index (χ3v) is 4.74. The van der Waals surface area contributed by atoms with Gasteiger partial charge in [-0.3, -0.25) is 9.59 Å². The van der Waals surface area contributed by atoms with Crippen molar-refractivity contribution >= 4 is 30.0 Å². The van der Waals surface area contributed by atoms with Gasteiger partial charge in [0.05, 0.1) is 5.75 Å². The Kier molecular flexibility index (Phi) is 8.19. The van der Waals surface area contributed by atoms with Gasteiger partial charge in [-0.2, -0.15) is 11.8 Å². The van der Waals surface area contributed by atoms with Crippen LogP contribution in [0.25, 0.3) is 0 Å². The standard InChI is InChI=1S/C14H24N2O4S/c1-2-11-5-3-4-7-16(11)13(18)9-21-8-6-12(14(19)20)15-10-17/h10-12H,2-9H2,1H3,(H,15,17)(H,19,20). The first-order valence-corrected chi connectivity index (χ1v) is 8.55. The summed E-state index contributed by atoms with van der Waals surface area (Å²) in [6, 6.07) is -0.515. The topological polar surface area (TPSA) is 86.7 Å². The molecule has 1 saturated heterocycles. The van der Waals surface area contributed by atoms with Crippen molar-refractivity contribution in [2.24, 2.45) is 0 Å². The maximum atomic E-state index is 12.2. The third-order valence-electron chi connectivity index (χ3n) is 3.76. The van der Waals surface area contributed by atoms with Gasteiger partial charge in [-0.25, -0.2) is 4.79 Å². The zero-order valence-electron chi connectivity index (χ0n) is 12.4. The largest absolute Gasteiger partial charge is 0.480 e. The van der Waals surface area contributed by atoms with E-state index in [4.69, 9.17) is 5.11 Å². The Balaban J connectivity index is 2.29. The summed E-state index contributed by atoms with van der Waals surface area (Å²) in [5.41, 5.74) is 0. The number of amides is 2. The summed E-state index contributed by atoms with van der Waals surface area (Å²) in [5.74, 6) is 0.0100. The van der Waals surface area contributed by atoms with Crippen molar-refractivity contribution in [3.05, 3.63) is 0 Å². The molecule has 2 amide bonds. The molecule has 1 heterocycles. The van der Waals surface area contributed by atoms with E-state index in [0.29, 0.717) is 30.4 Å². The molecule has 1 rings (SSSR count). The number of nitrogens with zero attached hydrogens (tertiary/aromatic N) is 1. The summed E-state index contributed by atoms with van der Waals surface area (Å²) in [6.45, 7) is 2.94. The monoisotopic (exact) mass is 316 g/mol. The Hall–Kier alpha value is -1.24. The summed E-state index contributed by atoms with van der Waals surface area (Å²) in [7, 11) is 0. The van der Waals surface area contributed by atoms with Crippen LogP contribution in [0.5, 0.6) is 0 Å². The normalized spacial score (nSPS) is 19.9. The van der Waals surface area contributed by atoms with Crippen molar-refractivity contribution in [3.63, 3.8) is 0 Å². The molecule has 0 bridgehead atoms. The molecule has 6 nitrogen and oxygen atoms in total. The van der Waals surface area contributed by atoms with Gasteiger partial charge < -0.3 is 15.3 Å². The minimum absolute atomic E-state index is 0.141. The van der Waals surface area contributed by atoms with Crippen LogP contribution in [0.15, 0.2) is 0 Å². The molecule has 0 saturated carbocycles. The molecule has 0 aliphatic carbocycles. The van der Waals surface area contributed by atoms with Crippen LogP contribution >= 0.6 is 11.8 Å². The minimum atomic E-state index is -1.05. The van der Waals surface area contributed by atoms with Crippen molar-refractivity contribution in [2.75, 3.05) is 18.1 Å². The van der Waals surface area contributed by atoms with Gasteiger partial charge in [0.15, 0.2) is 0 Å². The van der Waals surface area contributed by atoms with Crippen LogP contribution in [0.4, 0.5) is 0 Å². The van der Waals surface area contributed by atoms with Gasteiger partial charge in [-0.05, 0) is 37.9 Å². The Bertz CT molecular complexity index is 365. The molecule has 0 aromatic carbocycles. The molecule has 1 aliphatic rings. The summed E-state index contributed by atoms with van der Waals surface area (Å²) >= 11 is 1.43. The van der Waals surface area contributed by atoms with Crippen LogP contribution in [-0.2, 0) is 14.4 Å². The number of piperidine rings is 1. The average Bonchev–Trinajstić information content (AvgIpc) is 2.49. The summed E-state index contributed by atoms with van der Waals surface area (Å²) in [5, 5.41) is 11.1. The number of aliphatic carboxylic acids is 1. The van der Waals surface area contributed by atoms with Gasteiger partial charge >= 0.3 is 5.97 Å². The third kappa shape index (κ3) is 5.95. The van der Waals surface area contributed by atoms with Gasteiger partial charge in [-0.15, -0.1) is 0 Å². The second-order valence-electron chi connectivity index (χ2n) is 5.16. The van der Waals surface area contributed by atoms with E-state index in [1.54, 1.807) is 0 Å². The van der Waals surface area contributed by atoms with E-state index in [1.807, 2.05) is 4.90 Å². The molecule has 1 fully saturated rings. The average molecular weight is 316 g/mol. The number of hydrogen-bond donors (Lipinski definition) is 2. The molecule has 0 aromatic heterocycles. The Morgan fingerprint density at radius 1 is 1.48 bits per heavy atom. The maximum Gasteiger partial charge on any atom is 0.326 e. The SMILES string of the molecule is CCC1CCCCN1C(=O)CSCCC(NC=O)C(=O)O. The summed E-state index contributed by atoms with van der Waals surface area (Å²) in [6.07, 6.45) is 5.04. The highest BCUT2D eigenvalue weighted by molar-refractivity contribution is 7.99. The molecule has 2 unspecified atom stereocenters. The number of carboxylic acids is 1. The summed E-state index contributed by atoms with van der Waals surface area (Å²) in [4.78, 5) is 35.3. The first-order valence-electron chi connectivity index (χ1n) is 7.39. The van der Waals surface area contributed by atoms with Gasteiger partial charge in [0.25, 0.3) is 0 Å². The molecule has 2 atom stereocenters. The number of carbonyl (C=O) groups is 3. The number of nitrogens with one attached hydrogen (secondary N) is 1. The Morgan fingerprint density at radius 2 is 2.24 bits per heavy atom. The highest BCUT2D eigenvalue weighted by atomic mass is 32.2. The molecular weight excluding hydrogens is 292 g/mol. The van der Waals surface area contributed by atoms with Crippen molar-refractivity contribution < 1.29 is 19.5 Å². The lowest BCUT2D eigenvalue weighted by atomic mass is 10.0. The van der Waals surface area contributed by atoms with Gasteiger partial charge in [0.2, 0.25) is 12.3 Å². The number of rotatable bonds is 9. The lowest BCUT2D eigenvalue weighted by Gasteiger charge is -2.35. The highest BCUT2D eigenvalue weighted by Gasteiger charge is 2.25. The Morgan fingerprint density at radius 3 is 2.86 bits per heavy atom. The summed E-state index contributed by atoms with van der Waals surface area (Å²) < 4.78 is 0. The first kappa shape index (κ1) is 17.8. The van der Waals surface area contributed by atoms with Crippen molar-refractivity contribution in [1.82, 2.24) is 10.2 Å². The zero-order valence-corrected chi connectivity index (χ0v) is 13.2. The number of carboxylic acid groups (broad SMARTS) is 1. The predicted octanol–water partition coefficient (Wildman–Crippen LogP) is 1.10. The zero-order chi connectivity index (χ0) is 15.7. The first-order chi connectivity index (χ1) is 10.1. The number of thioether (sulfide) groups is 1. The lowest BCUT2D eigenvalue weighted by Crippen LogP contribution is -2.44. The quantitative estimate of drug-likeness (QED) is 0.491. The predicted molar refractivity (Wildman–Crippen MR) is 82.2 cm³/mol. The maximum absolute atomic E-state index is 12.2. The number of likely N-dealkylation sites (tertiary alicyclic amines) is 1. The van der Waals surface area contributed by atoms with Crippen molar-refractivity contribution in [3.8, 4) is 0 Å². The fourth-order valence-electron chi connectivity index (χ4n) is 2.56. The van der Waals surface area contributed by atoms with Crippen LogP contribution in [0.1, 0.15) is 39.0 Å². The molecule has 2 N–H and O–H groups in total. The van der Waals surface area contributed by atoms with Gasteiger partial charge in [-0.1, -0.05) is 6.92 Å². The van der Waals surface area contributed by atoms with E-state index >= 15 is 0 Å². The second-order valence-corrected chi connectivity index (χ2v) is 6.27. The van der Waals surface area contributed by atoms with Gasteiger partial charge in [0, 0.05) is 12.6 Å². The number of carbonyl (C=O) groups excluding carboxylic acids is 2. The highest BCUT2D eigenvalue weighted by Crippen LogP contribution is 2.20.